The first-order chi connectivity index (χ1) is 16.3. The lowest BCUT2D eigenvalue weighted by Crippen LogP contribution is -2.29. The third kappa shape index (κ3) is 4.19. The molecule has 4 rings (SSSR count). The zero-order chi connectivity index (χ0) is 24.4. The number of carbonyl (C=O) groups excluding carboxylic acids is 2. The lowest BCUT2D eigenvalue weighted by Gasteiger charge is -2.25. The molecule has 6 nitrogen and oxygen atoms in total. The van der Waals surface area contributed by atoms with Crippen molar-refractivity contribution in [2.75, 3.05) is 11.5 Å². The first kappa shape index (κ1) is 23.2. The number of Topliss-reactive ketones (excluding diaryl/α,β-unsaturated/α-hetero) is 1. The van der Waals surface area contributed by atoms with E-state index in [1.165, 1.54) is 4.90 Å². The smallest absolute Gasteiger partial charge is 0.300 e. The average Bonchev–Trinajstić information content (AvgIpc) is 3.10. The van der Waals surface area contributed by atoms with E-state index in [-0.39, 0.29) is 11.3 Å². The molecule has 1 amide bonds. The molecular weight excluding hydrogens is 428 g/mol. The van der Waals surface area contributed by atoms with Gasteiger partial charge in [-0.25, -0.2) is 0 Å². The Balaban J connectivity index is 1.87. The molecule has 2 aromatic carbocycles. The minimum atomic E-state index is -0.848. The van der Waals surface area contributed by atoms with Crippen molar-refractivity contribution >= 4 is 23.1 Å². The number of ketones is 1. The summed E-state index contributed by atoms with van der Waals surface area (Å²) in [6, 6.07) is 15.3. The van der Waals surface area contributed by atoms with Crippen LogP contribution in [0.25, 0.3) is 5.76 Å². The Morgan fingerprint density at radius 1 is 1.00 bits per heavy atom. The summed E-state index contributed by atoms with van der Waals surface area (Å²) in [4.78, 5) is 32.4. The molecule has 6 heteroatoms. The maximum Gasteiger partial charge on any atom is 0.300 e. The molecule has 0 radical (unpaired) electrons. The van der Waals surface area contributed by atoms with Crippen LogP contribution in [0.2, 0.25) is 0 Å². The van der Waals surface area contributed by atoms with E-state index in [4.69, 9.17) is 4.74 Å². The van der Waals surface area contributed by atoms with Crippen LogP contribution in [0.1, 0.15) is 47.3 Å². The van der Waals surface area contributed by atoms with Crippen molar-refractivity contribution in [2.45, 2.75) is 40.2 Å². The summed E-state index contributed by atoms with van der Waals surface area (Å²) in [5.41, 5.74) is 4.45. The van der Waals surface area contributed by atoms with Crippen LogP contribution >= 0.6 is 0 Å². The standard InChI is InChI=1S/C28H28N2O4/c1-5-14-34-23-12-10-20(15-19(23)4)26(31)24-25(22-8-6-7-13-29-22)30(28(33)27(24)32)21-11-9-17(2)18(3)16-21/h6-13,15-16,25,31H,5,14H2,1-4H3/b26-24+. The molecular formula is C28H28N2O4. The number of aryl methyl sites for hydroxylation is 3. The number of benzene rings is 2. The maximum absolute atomic E-state index is 13.3. The summed E-state index contributed by atoms with van der Waals surface area (Å²) in [5.74, 6) is -0.948. The molecule has 1 aliphatic heterocycles. The van der Waals surface area contributed by atoms with E-state index >= 15 is 0 Å². The number of carbonyl (C=O) groups is 2. The van der Waals surface area contributed by atoms with Gasteiger partial charge in [-0.2, -0.15) is 0 Å². The lowest BCUT2D eigenvalue weighted by atomic mass is 9.97. The molecule has 1 unspecified atom stereocenters. The summed E-state index contributed by atoms with van der Waals surface area (Å²) in [5, 5.41) is 11.3. The van der Waals surface area contributed by atoms with Crippen LogP contribution in [-0.4, -0.2) is 28.4 Å². The number of aliphatic hydroxyl groups is 1. The monoisotopic (exact) mass is 456 g/mol. The van der Waals surface area contributed by atoms with Gasteiger partial charge in [0.2, 0.25) is 0 Å². The number of amides is 1. The summed E-state index contributed by atoms with van der Waals surface area (Å²) in [6.45, 7) is 8.44. The van der Waals surface area contributed by atoms with Crippen molar-refractivity contribution < 1.29 is 19.4 Å². The summed E-state index contributed by atoms with van der Waals surface area (Å²) >= 11 is 0. The number of nitrogens with zero attached hydrogens (tertiary/aromatic N) is 2. The Morgan fingerprint density at radius 3 is 2.44 bits per heavy atom. The molecule has 0 aliphatic carbocycles. The molecule has 1 N–H and O–H groups in total. The fourth-order valence-electron chi connectivity index (χ4n) is 4.12. The number of rotatable bonds is 6. The van der Waals surface area contributed by atoms with E-state index in [0.29, 0.717) is 23.6 Å². The minimum Gasteiger partial charge on any atom is -0.507 e. The summed E-state index contributed by atoms with van der Waals surface area (Å²) < 4.78 is 5.73. The van der Waals surface area contributed by atoms with Gasteiger partial charge in [0.25, 0.3) is 11.7 Å². The van der Waals surface area contributed by atoms with Gasteiger partial charge in [0.1, 0.15) is 17.6 Å². The predicted octanol–water partition coefficient (Wildman–Crippen LogP) is 5.42. The number of aliphatic hydroxyl groups excluding tert-OH is 1. The highest BCUT2D eigenvalue weighted by Gasteiger charge is 2.47. The van der Waals surface area contributed by atoms with Gasteiger partial charge in [-0.3, -0.25) is 19.5 Å². The zero-order valence-electron chi connectivity index (χ0n) is 19.8. The van der Waals surface area contributed by atoms with Crippen molar-refractivity contribution in [1.82, 2.24) is 4.98 Å². The SMILES string of the molecule is CCCOc1ccc(/C(O)=C2\C(=O)C(=O)N(c3ccc(C)c(C)c3)C2c2ccccn2)cc1C. The first-order valence-electron chi connectivity index (χ1n) is 11.4. The fourth-order valence-corrected chi connectivity index (χ4v) is 4.12. The average molecular weight is 457 g/mol. The van der Waals surface area contributed by atoms with Crippen molar-refractivity contribution in [3.8, 4) is 5.75 Å². The highest BCUT2D eigenvalue weighted by atomic mass is 16.5. The molecule has 174 valence electrons. The number of aromatic nitrogens is 1. The van der Waals surface area contributed by atoms with Gasteiger partial charge in [0.05, 0.1) is 17.9 Å². The van der Waals surface area contributed by atoms with Gasteiger partial charge in [-0.05, 0) is 86.3 Å². The van der Waals surface area contributed by atoms with Crippen LogP contribution in [0.3, 0.4) is 0 Å². The molecule has 1 aliphatic rings. The predicted molar refractivity (Wildman–Crippen MR) is 132 cm³/mol. The van der Waals surface area contributed by atoms with Gasteiger partial charge in [0, 0.05) is 17.4 Å². The molecule has 34 heavy (non-hydrogen) atoms. The number of hydrogen-bond donors (Lipinski definition) is 1. The van der Waals surface area contributed by atoms with E-state index in [9.17, 15) is 14.7 Å². The van der Waals surface area contributed by atoms with E-state index in [2.05, 4.69) is 4.98 Å². The molecule has 2 heterocycles. The van der Waals surface area contributed by atoms with E-state index < -0.39 is 17.7 Å². The Labute approximate surface area is 199 Å². The third-order valence-corrected chi connectivity index (χ3v) is 6.09. The molecule has 1 aromatic heterocycles. The van der Waals surface area contributed by atoms with Crippen molar-refractivity contribution in [3.63, 3.8) is 0 Å². The highest BCUT2D eigenvalue weighted by Crippen LogP contribution is 2.42. The molecule has 1 atom stereocenters. The Hall–Kier alpha value is -3.93. The second-order valence-electron chi connectivity index (χ2n) is 8.52. The van der Waals surface area contributed by atoms with Crippen molar-refractivity contribution in [1.29, 1.82) is 0 Å². The second-order valence-corrected chi connectivity index (χ2v) is 8.52. The third-order valence-electron chi connectivity index (χ3n) is 6.09. The van der Waals surface area contributed by atoms with E-state index in [0.717, 1.165) is 28.9 Å². The summed E-state index contributed by atoms with van der Waals surface area (Å²) in [6.07, 6.45) is 2.49. The molecule has 3 aromatic rings. The maximum atomic E-state index is 13.3. The number of pyridine rings is 1. The van der Waals surface area contributed by atoms with E-state index in [1.807, 2.05) is 45.9 Å². The molecule has 0 saturated carbocycles. The van der Waals surface area contributed by atoms with Gasteiger partial charge < -0.3 is 9.84 Å². The highest BCUT2D eigenvalue weighted by molar-refractivity contribution is 6.51. The number of anilines is 1. The van der Waals surface area contributed by atoms with Gasteiger partial charge in [-0.1, -0.05) is 19.1 Å². The molecule has 0 bridgehead atoms. The van der Waals surface area contributed by atoms with Crippen LogP contribution in [0.15, 0.2) is 66.4 Å². The van der Waals surface area contributed by atoms with Crippen LogP contribution < -0.4 is 9.64 Å². The number of hydrogen-bond acceptors (Lipinski definition) is 5. The van der Waals surface area contributed by atoms with Crippen molar-refractivity contribution in [2.24, 2.45) is 0 Å². The van der Waals surface area contributed by atoms with Crippen LogP contribution in [-0.2, 0) is 9.59 Å². The minimum absolute atomic E-state index is 0.0172. The quantitative estimate of drug-likeness (QED) is 0.304. The normalized spacial score (nSPS) is 17.3. The zero-order valence-corrected chi connectivity index (χ0v) is 19.8. The molecule has 0 spiro atoms. The molecule has 1 saturated heterocycles. The second kappa shape index (κ2) is 9.51. The first-order valence-corrected chi connectivity index (χ1v) is 11.4. The Morgan fingerprint density at radius 2 is 1.79 bits per heavy atom. The van der Waals surface area contributed by atoms with Gasteiger partial charge in [-0.15, -0.1) is 0 Å². The molecule has 1 fully saturated rings. The van der Waals surface area contributed by atoms with Crippen LogP contribution in [0, 0.1) is 20.8 Å². The Bertz CT molecular complexity index is 1280. The van der Waals surface area contributed by atoms with Crippen LogP contribution in [0.4, 0.5) is 5.69 Å². The fraction of sp³-hybridized carbons (Fsp3) is 0.250. The largest absolute Gasteiger partial charge is 0.507 e. The van der Waals surface area contributed by atoms with E-state index in [1.54, 1.807) is 42.6 Å². The topological polar surface area (TPSA) is 79.7 Å². The Kier molecular flexibility index (Phi) is 6.50. The van der Waals surface area contributed by atoms with Gasteiger partial charge >= 0.3 is 0 Å². The lowest BCUT2D eigenvalue weighted by molar-refractivity contribution is -0.132. The summed E-state index contributed by atoms with van der Waals surface area (Å²) in [7, 11) is 0. The van der Waals surface area contributed by atoms with Crippen LogP contribution in [0.5, 0.6) is 5.75 Å². The van der Waals surface area contributed by atoms with Gasteiger partial charge in [0.15, 0.2) is 0 Å². The van der Waals surface area contributed by atoms with Crippen molar-refractivity contribution in [3.05, 3.63) is 94.3 Å². The number of ether oxygens (including phenoxy) is 1.